The van der Waals surface area contributed by atoms with Gasteiger partial charge < -0.3 is 5.32 Å². The van der Waals surface area contributed by atoms with Gasteiger partial charge in [-0.05, 0) is 52.4 Å². The van der Waals surface area contributed by atoms with Crippen LogP contribution in [0.5, 0.6) is 0 Å². The summed E-state index contributed by atoms with van der Waals surface area (Å²) >= 11 is 3.27. The van der Waals surface area contributed by atoms with Crippen LogP contribution in [0.15, 0.2) is 22.7 Å². The summed E-state index contributed by atoms with van der Waals surface area (Å²) in [6.45, 7) is 4.22. The first-order valence-electron chi connectivity index (χ1n) is 8.15. The second kappa shape index (κ2) is 7.21. The van der Waals surface area contributed by atoms with Crippen LogP contribution in [0.2, 0.25) is 0 Å². The van der Waals surface area contributed by atoms with Gasteiger partial charge in [-0.3, -0.25) is 4.90 Å². The van der Waals surface area contributed by atoms with Crippen molar-refractivity contribution in [2.75, 3.05) is 26.2 Å². The molecule has 116 valence electrons. The van der Waals surface area contributed by atoms with Gasteiger partial charge >= 0.3 is 0 Å². The SMILES string of the molecule is Fc1cc([C@H](C2CCCCC2)N2CCNCC2)ccc1Br. The quantitative estimate of drug-likeness (QED) is 0.878. The van der Waals surface area contributed by atoms with E-state index < -0.39 is 0 Å². The number of benzene rings is 1. The van der Waals surface area contributed by atoms with E-state index in [0.717, 1.165) is 31.7 Å². The third-order valence-corrected chi connectivity index (χ3v) is 5.57. The lowest BCUT2D eigenvalue weighted by molar-refractivity contribution is 0.103. The van der Waals surface area contributed by atoms with E-state index in [4.69, 9.17) is 0 Å². The zero-order valence-electron chi connectivity index (χ0n) is 12.5. The lowest BCUT2D eigenvalue weighted by Crippen LogP contribution is -2.47. The van der Waals surface area contributed by atoms with Crippen molar-refractivity contribution in [2.24, 2.45) is 5.92 Å². The van der Waals surface area contributed by atoms with Crippen LogP contribution in [0, 0.1) is 11.7 Å². The summed E-state index contributed by atoms with van der Waals surface area (Å²) in [5.41, 5.74) is 1.16. The molecule has 0 radical (unpaired) electrons. The second-order valence-electron chi connectivity index (χ2n) is 6.30. The molecule has 0 bridgehead atoms. The fourth-order valence-electron chi connectivity index (χ4n) is 3.89. The standard InChI is InChI=1S/C17H24BrFN2/c18-15-7-6-14(12-16(15)19)17(13-4-2-1-3-5-13)21-10-8-20-9-11-21/h6-7,12-13,17,20H,1-5,8-11H2/t17-/m0/s1. The molecule has 1 aliphatic heterocycles. The van der Waals surface area contributed by atoms with E-state index in [1.807, 2.05) is 6.07 Å². The second-order valence-corrected chi connectivity index (χ2v) is 7.16. The highest BCUT2D eigenvalue weighted by molar-refractivity contribution is 9.10. The van der Waals surface area contributed by atoms with Crippen LogP contribution in [-0.4, -0.2) is 31.1 Å². The van der Waals surface area contributed by atoms with Gasteiger partial charge in [0.05, 0.1) is 4.47 Å². The predicted molar refractivity (Wildman–Crippen MR) is 87.9 cm³/mol. The molecule has 1 aliphatic carbocycles. The van der Waals surface area contributed by atoms with Crippen molar-refractivity contribution in [2.45, 2.75) is 38.1 Å². The minimum absolute atomic E-state index is 0.136. The highest BCUT2D eigenvalue weighted by Crippen LogP contribution is 2.39. The summed E-state index contributed by atoms with van der Waals surface area (Å²) in [6.07, 6.45) is 6.58. The van der Waals surface area contributed by atoms with Crippen LogP contribution >= 0.6 is 15.9 Å². The Bertz CT molecular complexity index is 450. The van der Waals surface area contributed by atoms with Crippen molar-refractivity contribution in [3.05, 3.63) is 34.1 Å². The van der Waals surface area contributed by atoms with Crippen LogP contribution in [0.3, 0.4) is 0 Å². The number of hydrogen-bond acceptors (Lipinski definition) is 2. The monoisotopic (exact) mass is 354 g/mol. The molecule has 2 nitrogen and oxygen atoms in total. The largest absolute Gasteiger partial charge is 0.314 e. The van der Waals surface area contributed by atoms with Crippen molar-refractivity contribution in [3.8, 4) is 0 Å². The minimum atomic E-state index is -0.136. The first-order valence-corrected chi connectivity index (χ1v) is 8.95. The topological polar surface area (TPSA) is 15.3 Å². The Morgan fingerprint density at radius 1 is 1.14 bits per heavy atom. The van der Waals surface area contributed by atoms with E-state index >= 15 is 0 Å². The highest BCUT2D eigenvalue weighted by Gasteiger charge is 2.31. The van der Waals surface area contributed by atoms with Gasteiger partial charge in [-0.2, -0.15) is 0 Å². The van der Waals surface area contributed by atoms with E-state index in [9.17, 15) is 4.39 Å². The molecule has 1 saturated carbocycles. The fourth-order valence-corrected chi connectivity index (χ4v) is 4.13. The Labute approximate surface area is 135 Å². The Morgan fingerprint density at radius 2 is 1.86 bits per heavy atom. The van der Waals surface area contributed by atoms with E-state index in [1.165, 1.54) is 32.1 Å². The fraction of sp³-hybridized carbons (Fsp3) is 0.647. The predicted octanol–water partition coefficient (Wildman–Crippen LogP) is 4.11. The molecular weight excluding hydrogens is 331 g/mol. The van der Waals surface area contributed by atoms with Gasteiger partial charge in [0.15, 0.2) is 0 Å². The number of halogens is 2. The van der Waals surface area contributed by atoms with Crippen molar-refractivity contribution in [1.29, 1.82) is 0 Å². The molecule has 1 N–H and O–H groups in total. The summed E-state index contributed by atoms with van der Waals surface area (Å²) < 4.78 is 14.6. The Kier molecular flexibility index (Phi) is 5.30. The van der Waals surface area contributed by atoms with Gasteiger partial charge in [-0.25, -0.2) is 4.39 Å². The average molecular weight is 355 g/mol. The number of nitrogens with one attached hydrogen (secondary N) is 1. The minimum Gasteiger partial charge on any atom is -0.314 e. The van der Waals surface area contributed by atoms with E-state index in [1.54, 1.807) is 6.07 Å². The molecule has 1 heterocycles. The van der Waals surface area contributed by atoms with Crippen molar-refractivity contribution < 1.29 is 4.39 Å². The van der Waals surface area contributed by atoms with Gasteiger partial charge in [-0.1, -0.05) is 25.3 Å². The molecule has 0 spiro atoms. The van der Waals surface area contributed by atoms with Crippen LogP contribution in [0.4, 0.5) is 4.39 Å². The van der Waals surface area contributed by atoms with Crippen molar-refractivity contribution >= 4 is 15.9 Å². The third-order valence-electron chi connectivity index (χ3n) is 4.93. The van der Waals surface area contributed by atoms with E-state index in [-0.39, 0.29) is 5.82 Å². The summed E-state index contributed by atoms with van der Waals surface area (Å²) in [7, 11) is 0. The van der Waals surface area contributed by atoms with Gasteiger partial charge in [-0.15, -0.1) is 0 Å². The average Bonchev–Trinajstić information content (AvgIpc) is 2.53. The maximum atomic E-state index is 14.0. The Hall–Kier alpha value is -0.450. The molecule has 1 aromatic rings. The first-order chi connectivity index (χ1) is 10.3. The summed E-state index contributed by atoms with van der Waals surface area (Å²) in [5.74, 6) is 0.542. The zero-order chi connectivity index (χ0) is 14.7. The van der Waals surface area contributed by atoms with E-state index in [0.29, 0.717) is 16.4 Å². The van der Waals surface area contributed by atoms with Crippen molar-refractivity contribution in [3.63, 3.8) is 0 Å². The maximum Gasteiger partial charge on any atom is 0.137 e. The molecule has 2 aliphatic rings. The first kappa shape index (κ1) is 15.4. The third kappa shape index (κ3) is 3.66. The van der Waals surface area contributed by atoms with Gasteiger partial charge in [0.2, 0.25) is 0 Å². The molecule has 0 unspecified atom stereocenters. The van der Waals surface area contributed by atoms with Gasteiger partial charge in [0, 0.05) is 32.2 Å². The molecule has 1 saturated heterocycles. The molecule has 0 aromatic heterocycles. The van der Waals surface area contributed by atoms with Crippen LogP contribution in [-0.2, 0) is 0 Å². The summed E-state index contributed by atoms with van der Waals surface area (Å²) in [6, 6.07) is 6.10. The molecular formula is C17H24BrFN2. The summed E-state index contributed by atoms with van der Waals surface area (Å²) in [5, 5.41) is 3.42. The highest BCUT2D eigenvalue weighted by atomic mass is 79.9. The molecule has 1 atom stereocenters. The molecule has 1 aromatic carbocycles. The normalized spacial score (nSPS) is 23.1. The molecule has 2 fully saturated rings. The molecule has 3 rings (SSSR count). The van der Waals surface area contributed by atoms with Crippen LogP contribution in [0.1, 0.15) is 43.7 Å². The zero-order valence-corrected chi connectivity index (χ0v) is 14.0. The van der Waals surface area contributed by atoms with Crippen LogP contribution < -0.4 is 5.32 Å². The molecule has 4 heteroatoms. The number of hydrogen-bond donors (Lipinski definition) is 1. The molecule has 0 amide bonds. The Morgan fingerprint density at radius 3 is 2.52 bits per heavy atom. The van der Waals surface area contributed by atoms with Gasteiger partial charge in [0.25, 0.3) is 0 Å². The molecule has 21 heavy (non-hydrogen) atoms. The lowest BCUT2D eigenvalue weighted by atomic mass is 9.80. The summed E-state index contributed by atoms with van der Waals surface area (Å²) in [4.78, 5) is 2.56. The smallest absolute Gasteiger partial charge is 0.137 e. The number of rotatable bonds is 3. The number of piperazine rings is 1. The number of nitrogens with zero attached hydrogens (tertiary/aromatic N) is 1. The maximum absolute atomic E-state index is 14.0. The van der Waals surface area contributed by atoms with Crippen molar-refractivity contribution in [1.82, 2.24) is 10.2 Å². The lowest BCUT2D eigenvalue weighted by Gasteiger charge is -2.41. The van der Waals surface area contributed by atoms with Crippen LogP contribution in [0.25, 0.3) is 0 Å². The Balaban J connectivity index is 1.87. The van der Waals surface area contributed by atoms with E-state index in [2.05, 4.69) is 32.2 Å². The van der Waals surface area contributed by atoms with Gasteiger partial charge in [0.1, 0.15) is 5.82 Å².